The van der Waals surface area contributed by atoms with Gasteiger partial charge in [0.2, 0.25) is 0 Å². The zero-order valence-electron chi connectivity index (χ0n) is 10.8. The fourth-order valence-electron chi connectivity index (χ4n) is 1.88. The Balaban J connectivity index is 2.83. The molecule has 0 aliphatic heterocycles. The van der Waals surface area contributed by atoms with Crippen molar-refractivity contribution in [3.05, 3.63) is 29.3 Å². The van der Waals surface area contributed by atoms with Crippen molar-refractivity contribution in [2.75, 3.05) is 11.9 Å². The Labute approximate surface area is 104 Å². The zero-order valence-corrected chi connectivity index (χ0v) is 10.8. The molecule has 0 aromatic heterocycles. The van der Waals surface area contributed by atoms with Crippen LogP contribution in [0.4, 0.5) is 5.69 Å². The molecule has 1 unspecified atom stereocenters. The lowest BCUT2D eigenvalue weighted by molar-refractivity contribution is 0.522. The summed E-state index contributed by atoms with van der Waals surface area (Å²) < 4.78 is 0. The van der Waals surface area contributed by atoms with Crippen LogP contribution in [0.15, 0.2) is 18.2 Å². The van der Waals surface area contributed by atoms with Gasteiger partial charge in [0.05, 0.1) is 11.3 Å². The Morgan fingerprint density at radius 2 is 2.12 bits per heavy atom. The first kappa shape index (κ1) is 13.5. The molecule has 0 aliphatic rings. The quantitative estimate of drug-likeness (QED) is 0.819. The predicted octanol–water partition coefficient (Wildman–Crippen LogP) is 2.65. The van der Waals surface area contributed by atoms with Gasteiger partial charge >= 0.3 is 0 Å². The largest absolute Gasteiger partial charge is 0.380 e. The van der Waals surface area contributed by atoms with Crippen LogP contribution in [0.25, 0.3) is 0 Å². The van der Waals surface area contributed by atoms with Crippen LogP contribution in [0.2, 0.25) is 0 Å². The van der Waals surface area contributed by atoms with Gasteiger partial charge in [-0.2, -0.15) is 5.26 Å². The molecule has 3 N–H and O–H groups in total. The Hall–Kier alpha value is -1.53. The van der Waals surface area contributed by atoms with Crippen LogP contribution in [0, 0.1) is 24.2 Å². The standard InChI is InChI=1S/C14H21N3/c1-10(2)6-13(9-16)17-14-5-4-11(3)7-12(14)8-15/h4-5,7,10,13,17H,6,9,16H2,1-3H3. The first-order valence-corrected chi connectivity index (χ1v) is 6.04. The van der Waals surface area contributed by atoms with Crippen LogP contribution in [-0.4, -0.2) is 12.6 Å². The molecule has 0 aliphatic carbocycles. The molecule has 3 heteroatoms. The summed E-state index contributed by atoms with van der Waals surface area (Å²) in [4.78, 5) is 0. The van der Waals surface area contributed by atoms with Gasteiger partial charge < -0.3 is 11.1 Å². The SMILES string of the molecule is Cc1ccc(NC(CN)CC(C)C)c(C#N)c1. The highest BCUT2D eigenvalue weighted by Crippen LogP contribution is 2.18. The van der Waals surface area contributed by atoms with Gasteiger partial charge in [-0.15, -0.1) is 0 Å². The molecule has 0 saturated heterocycles. The molecule has 0 saturated carbocycles. The lowest BCUT2D eigenvalue weighted by Crippen LogP contribution is -2.30. The van der Waals surface area contributed by atoms with Gasteiger partial charge in [-0.25, -0.2) is 0 Å². The molecule has 0 radical (unpaired) electrons. The molecule has 0 heterocycles. The van der Waals surface area contributed by atoms with Crippen molar-refractivity contribution in [2.24, 2.45) is 11.7 Å². The van der Waals surface area contributed by atoms with E-state index in [-0.39, 0.29) is 6.04 Å². The van der Waals surface area contributed by atoms with Gasteiger partial charge in [-0.3, -0.25) is 0 Å². The summed E-state index contributed by atoms with van der Waals surface area (Å²) in [5, 5.41) is 12.4. The van der Waals surface area contributed by atoms with E-state index in [1.165, 1.54) is 0 Å². The summed E-state index contributed by atoms with van der Waals surface area (Å²) in [7, 11) is 0. The maximum Gasteiger partial charge on any atom is 0.101 e. The first-order valence-electron chi connectivity index (χ1n) is 6.04. The molecule has 17 heavy (non-hydrogen) atoms. The van der Waals surface area contributed by atoms with Crippen molar-refractivity contribution in [2.45, 2.75) is 33.2 Å². The third kappa shape index (κ3) is 4.08. The molecule has 1 rings (SSSR count). The monoisotopic (exact) mass is 231 g/mol. The van der Waals surface area contributed by atoms with Gasteiger partial charge in [-0.1, -0.05) is 19.9 Å². The third-order valence-electron chi connectivity index (χ3n) is 2.70. The number of anilines is 1. The van der Waals surface area contributed by atoms with Gasteiger partial charge in [0.15, 0.2) is 0 Å². The molecule has 0 bridgehead atoms. The normalized spacial score (nSPS) is 12.2. The molecule has 92 valence electrons. The Kier molecular flexibility index (Phi) is 4.99. The molecule has 1 aromatic rings. The zero-order chi connectivity index (χ0) is 12.8. The minimum Gasteiger partial charge on any atom is -0.380 e. The van der Waals surface area contributed by atoms with Crippen LogP contribution in [0.3, 0.4) is 0 Å². The maximum absolute atomic E-state index is 9.09. The Morgan fingerprint density at radius 1 is 1.41 bits per heavy atom. The molecular weight excluding hydrogens is 210 g/mol. The van der Waals surface area contributed by atoms with E-state index in [0.29, 0.717) is 18.0 Å². The lowest BCUT2D eigenvalue weighted by atomic mass is 10.0. The van der Waals surface area contributed by atoms with E-state index in [2.05, 4.69) is 25.2 Å². The number of aryl methyl sites for hydroxylation is 1. The number of nitrogens with zero attached hydrogens (tertiary/aromatic N) is 1. The van der Waals surface area contributed by atoms with Crippen LogP contribution < -0.4 is 11.1 Å². The highest BCUT2D eigenvalue weighted by atomic mass is 14.9. The van der Waals surface area contributed by atoms with E-state index >= 15 is 0 Å². The van der Waals surface area contributed by atoms with Gasteiger partial charge in [0, 0.05) is 12.6 Å². The summed E-state index contributed by atoms with van der Waals surface area (Å²) in [5.74, 6) is 0.590. The molecule has 0 fully saturated rings. The molecule has 1 aromatic carbocycles. The minimum absolute atomic E-state index is 0.227. The van der Waals surface area contributed by atoms with Crippen LogP contribution >= 0.6 is 0 Å². The fraction of sp³-hybridized carbons (Fsp3) is 0.500. The number of benzene rings is 1. The number of nitrogens with two attached hydrogens (primary N) is 1. The number of nitrogens with one attached hydrogen (secondary N) is 1. The van der Waals surface area contributed by atoms with Crippen LogP contribution in [0.1, 0.15) is 31.4 Å². The van der Waals surface area contributed by atoms with Crippen molar-refractivity contribution >= 4 is 5.69 Å². The second-order valence-electron chi connectivity index (χ2n) is 4.87. The van der Waals surface area contributed by atoms with Crippen molar-refractivity contribution in [3.63, 3.8) is 0 Å². The van der Waals surface area contributed by atoms with E-state index < -0.39 is 0 Å². The number of hydrogen-bond acceptors (Lipinski definition) is 3. The fourth-order valence-corrected chi connectivity index (χ4v) is 1.88. The number of rotatable bonds is 5. The second kappa shape index (κ2) is 6.27. The summed E-state index contributed by atoms with van der Waals surface area (Å²) in [6, 6.07) is 8.30. The summed E-state index contributed by atoms with van der Waals surface area (Å²) in [5.41, 5.74) is 8.41. The Bertz CT molecular complexity index is 404. The summed E-state index contributed by atoms with van der Waals surface area (Å²) >= 11 is 0. The van der Waals surface area contributed by atoms with Gasteiger partial charge in [0.25, 0.3) is 0 Å². The molecule has 0 spiro atoms. The maximum atomic E-state index is 9.09. The van der Waals surface area contributed by atoms with Crippen molar-refractivity contribution in [1.29, 1.82) is 5.26 Å². The van der Waals surface area contributed by atoms with E-state index in [1.807, 2.05) is 25.1 Å². The molecule has 0 amide bonds. The van der Waals surface area contributed by atoms with Crippen molar-refractivity contribution in [1.82, 2.24) is 0 Å². The summed E-state index contributed by atoms with van der Waals surface area (Å²) in [6.45, 7) is 6.91. The van der Waals surface area contributed by atoms with Crippen LogP contribution in [-0.2, 0) is 0 Å². The average Bonchev–Trinajstić information content (AvgIpc) is 2.29. The Morgan fingerprint density at radius 3 is 2.65 bits per heavy atom. The molecule has 3 nitrogen and oxygen atoms in total. The third-order valence-corrected chi connectivity index (χ3v) is 2.70. The second-order valence-corrected chi connectivity index (χ2v) is 4.87. The topological polar surface area (TPSA) is 61.8 Å². The smallest absolute Gasteiger partial charge is 0.101 e. The predicted molar refractivity (Wildman–Crippen MR) is 71.8 cm³/mol. The van der Waals surface area contributed by atoms with E-state index in [0.717, 1.165) is 17.7 Å². The summed E-state index contributed by atoms with van der Waals surface area (Å²) in [6.07, 6.45) is 1.01. The van der Waals surface area contributed by atoms with Gasteiger partial charge in [0.1, 0.15) is 6.07 Å². The van der Waals surface area contributed by atoms with Gasteiger partial charge in [-0.05, 0) is 37.0 Å². The van der Waals surface area contributed by atoms with E-state index in [4.69, 9.17) is 11.0 Å². The van der Waals surface area contributed by atoms with E-state index in [9.17, 15) is 0 Å². The highest BCUT2D eigenvalue weighted by Gasteiger charge is 2.11. The van der Waals surface area contributed by atoms with Crippen molar-refractivity contribution in [3.8, 4) is 6.07 Å². The number of nitriles is 1. The van der Waals surface area contributed by atoms with Crippen molar-refractivity contribution < 1.29 is 0 Å². The van der Waals surface area contributed by atoms with E-state index in [1.54, 1.807) is 0 Å². The minimum atomic E-state index is 0.227. The molecular formula is C14H21N3. The highest BCUT2D eigenvalue weighted by molar-refractivity contribution is 5.59. The molecule has 1 atom stereocenters. The lowest BCUT2D eigenvalue weighted by Gasteiger charge is -2.20. The number of hydrogen-bond donors (Lipinski definition) is 2. The van der Waals surface area contributed by atoms with Crippen LogP contribution in [0.5, 0.6) is 0 Å². The average molecular weight is 231 g/mol. The first-order chi connectivity index (χ1) is 8.06.